The van der Waals surface area contributed by atoms with E-state index < -0.39 is 0 Å². The Bertz CT molecular complexity index is 816. The van der Waals surface area contributed by atoms with Gasteiger partial charge in [0.05, 0.1) is 11.2 Å². The number of benzene rings is 1. The Morgan fingerprint density at radius 3 is 2.52 bits per heavy atom. The highest BCUT2D eigenvalue weighted by Crippen LogP contribution is 2.29. The number of anilines is 1. The zero-order valence-electron chi connectivity index (χ0n) is 14.2. The number of hydrogen-bond donors (Lipinski definition) is 1. The van der Waals surface area contributed by atoms with Crippen molar-refractivity contribution in [3.63, 3.8) is 0 Å². The fourth-order valence-electron chi connectivity index (χ4n) is 3.18. The van der Waals surface area contributed by atoms with Gasteiger partial charge in [-0.25, -0.2) is 0 Å². The standard InChI is InChI=1S/C19H23N3O/c1-5-15-12(2)21-18-9-7-6-8-17(18)19(15)20-11-10-16-13(3)22-23-14(16)4/h6-9H,5,10-11H2,1-4H3,(H,20,21). The fraction of sp³-hybridized carbons (Fsp3) is 0.368. The molecule has 4 heteroatoms. The summed E-state index contributed by atoms with van der Waals surface area (Å²) in [5, 5.41) is 8.85. The molecule has 0 saturated carbocycles. The second-order valence-electron chi connectivity index (χ2n) is 5.90. The van der Waals surface area contributed by atoms with Crippen LogP contribution >= 0.6 is 0 Å². The third-order valence-electron chi connectivity index (χ3n) is 4.41. The molecule has 0 radical (unpaired) electrons. The van der Waals surface area contributed by atoms with E-state index in [1.807, 2.05) is 19.9 Å². The quantitative estimate of drug-likeness (QED) is 0.760. The van der Waals surface area contributed by atoms with Crippen molar-refractivity contribution in [2.24, 2.45) is 0 Å². The monoisotopic (exact) mass is 309 g/mol. The number of para-hydroxylation sites is 1. The van der Waals surface area contributed by atoms with Gasteiger partial charge in [0, 0.05) is 28.9 Å². The Labute approximate surface area is 136 Å². The molecule has 3 rings (SSSR count). The first-order valence-corrected chi connectivity index (χ1v) is 8.15. The molecule has 0 aliphatic heterocycles. The van der Waals surface area contributed by atoms with Crippen molar-refractivity contribution in [1.82, 2.24) is 10.1 Å². The Morgan fingerprint density at radius 2 is 1.83 bits per heavy atom. The van der Waals surface area contributed by atoms with Crippen LogP contribution in [0.15, 0.2) is 28.8 Å². The normalized spacial score (nSPS) is 11.1. The van der Waals surface area contributed by atoms with Crippen LogP contribution in [0.25, 0.3) is 10.9 Å². The van der Waals surface area contributed by atoms with Gasteiger partial charge < -0.3 is 9.84 Å². The van der Waals surface area contributed by atoms with Crippen LogP contribution < -0.4 is 5.32 Å². The maximum absolute atomic E-state index is 5.24. The van der Waals surface area contributed by atoms with Crippen LogP contribution in [-0.2, 0) is 12.8 Å². The van der Waals surface area contributed by atoms with E-state index in [1.165, 1.54) is 22.2 Å². The van der Waals surface area contributed by atoms with Crippen LogP contribution in [0.2, 0.25) is 0 Å². The Morgan fingerprint density at radius 1 is 1.04 bits per heavy atom. The molecule has 0 aliphatic rings. The summed E-state index contributed by atoms with van der Waals surface area (Å²) in [6.07, 6.45) is 1.87. The van der Waals surface area contributed by atoms with Gasteiger partial charge in [-0.2, -0.15) is 0 Å². The van der Waals surface area contributed by atoms with E-state index >= 15 is 0 Å². The Balaban J connectivity index is 1.90. The molecular formula is C19H23N3O. The van der Waals surface area contributed by atoms with Crippen molar-refractivity contribution in [2.75, 3.05) is 11.9 Å². The molecular weight excluding hydrogens is 286 g/mol. The number of pyridine rings is 1. The molecule has 0 bridgehead atoms. The Kier molecular flexibility index (Phi) is 4.33. The molecule has 0 fully saturated rings. The summed E-state index contributed by atoms with van der Waals surface area (Å²) in [7, 11) is 0. The summed E-state index contributed by atoms with van der Waals surface area (Å²) in [6, 6.07) is 8.31. The average molecular weight is 309 g/mol. The van der Waals surface area contributed by atoms with Crippen molar-refractivity contribution >= 4 is 16.6 Å². The summed E-state index contributed by atoms with van der Waals surface area (Å²) in [4.78, 5) is 4.73. The first kappa shape index (κ1) is 15.5. The molecule has 1 aromatic carbocycles. The van der Waals surface area contributed by atoms with Crippen molar-refractivity contribution in [1.29, 1.82) is 0 Å². The summed E-state index contributed by atoms with van der Waals surface area (Å²) < 4.78 is 5.24. The van der Waals surface area contributed by atoms with Gasteiger partial charge in [-0.15, -0.1) is 0 Å². The van der Waals surface area contributed by atoms with Gasteiger partial charge in [0.25, 0.3) is 0 Å². The molecule has 0 spiro atoms. The van der Waals surface area contributed by atoms with E-state index in [9.17, 15) is 0 Å². The minimum atomic E-state index is 0.851. The third kappa shape index (κ3) is 2.93. The molecule has 0 unspecified atom stereocenters. The molecule has 23 heavy (non-hydrogen) atoms. The Hall–Kier alpha value is -2.36. The molecule has 1 N–H and O–H groups in total. The van der Waals surface area contributed by atoms with Crippen LogP contribution in [0, 0.1) is 20.8 Å². The van der Waals surface area contributed by atoms with Crippen LogP contribution in [0.4, 0.5) is 5.69 Å². The molecule has 2 heterocycles. The van der Waals surface area contributed by atoms with Crippen LogP contribution in [0.3, 0.4) is 0 Å². The lowest BCUT2D eigenvalue weighted by Crippen LogP contribution is -2.10. The van der Waals surface area contributed by atoms with E-state index in [1.54, 1.807) is 0 Å². The molecule has 2 aromatic heterocycles. The number of nitrogens with zero attached hydrogens (tertiary/aromatic N) is 2. The SMILES string of the molecule is CCc1c(C)nc2ccccc2c1NCCc1c(C)noc1C. The predicted molar refractivity (Wildman–Crippen MR) is 94.0 cm³/mol. The van der Waals surface area contributed by atoms with Gasteiger partial charge in [0.2, 0.25) is 0 Å². The summed E-state index contributed by atoms with van der Waals surface area (Å²) in [5.41, 5.74) is 6.83. The van der Waals surface area contributed by atoms with E-state index in [0.29, 0.717) is 0 Å². The predicted octanol–water partition coefficient (Wildman–Crippen LogP) is 4.37. The smallest absolute Gasteiger partial charge is 0.137 e. The molecule has 0 saturated heterocycles. The number of rotatable bonds is 5. The zero-order chi connectivity index (χ0) is 16.4. The van der Waals surface area contributed by atoms with Gasteiger partial charge in [-0.1, -0.05) is 30.3 Å². The average Bonchev–Trinajstić information content (AvgIpc) is 2.86. The highest BCUT2D eigenvalue weighted by molar-refractivity contribution is 5.93. The first-order chi connectivity index (χ1) is 11.1. The molecule has 3 aromatic rings. The van der Waals surface area contributed by atoms with Gasteiger partial charge in [0.1, 0.15) is 5.76 Å². The van der Waals surface area contributed by atoms with Gasteiger partial charge in [-0.05, 0) is 45.2 Å². The number of nitrogens with one attached hydrogen (secondary N) is 1. The largest absolute Gasteiger partial charge is 0.384 e. The minimum absolute atomic E-state index is 0.851. The number of fused-ring (bicyclic) bond motifs is 1. The highest BCUT2D eigenvalue weighted by atomic mass is 16.5. The topological polar surface area (TPSA) is 51.0 Å². The maximum atomic E-state index is 5.24. The summed E-state index contributed by atoms with van der Waals surface area (Å²) in [6.45, 7) is 9.08. The lowest BCUT2D eigenvalue weighted by molar-refractivity contribution is 0.392. The highest BCUT2D eigenvalue weighted by Gasteiger charge is 2.12. The van der Waals surface area contributed by atoms with Crippen LogP contribution in [0.1, 0.15) is 35.2 Å². The van der Waals surface area contributed by atoms with E-state index in [4.69, 9.17) is 9.51 Å². The molecule has 0 amide bonds. The van der Waals surface area contributed by atoms with Crippen LogP contribution in [0.5, 0.6) is 0 Å². The molecule has 0 aliphatic carbocycles. The van der Waals surface area contributed by atoms with Crippen molar-refractivity contribution in [3.8, 4) is 0 Å². The van der Waals surface area contributed by atoms with E-state index in [2.05, 4.69) is 42.5 Å². The fourth-order valence-corrected chi connectivity index (χ4v) is 3.18. The zero-order valence-corrected chi connectivity index (χ0v) is 14.2. The lowest BCUT2D eigenvalue weighted by atomic mass is 10.0. The van der Waals surface area contributed by atoms with Crippen molar-refractivity contribution in [3.05, 3.63) is 52.5 Å². The second-order valence-corrected chi connectivity index (χ2v) is 5.90. The summed E-state index contributed by atoms with van der Waals surface area (Å²) in [5.74, 6) is 0.913. The van der Waals surface area contributed by atoms with Gasteiger partial charge >= 0.3 is 0 Å². The second kappa shape index (κ2) is 6.41. The first-order valence-electron chi connectivity index (χ1n) is 8.15. The molecule has 120 valence electrons. The summed E-state index contributed by atoms with van der Waals surface area (Å²) >= 11 is 0. The van der Waals surface area contributed by atoms with Crippen molar-refractivity contribution < 1.29 is 4.52 Å². The van der Waals surface area contributed by atoms with Crippen molar-refractivity contribution in [2.45, 2.75) is 40.5 Å². The van der Waals surface area contributed by atoms with Crippen LogP contribution in [-0.4, -0.2) is 16.7 Å². The van der Waals surface area contributed by atoms with Gasteiger partial charge in [0.15, 0.2) is 0 Å². The molecule has 0 atom stereocenters. The van der Waals surface area contributed by atoms with E-state index in [0.717, 1.165) is 42.1 Å². The van der Waals surface area contributed by atoms with Gasteiger partial charge in [-0.3, -0.25) is 4.98 Å². The molecule has 4 nitrogen and oxygen atoms in total. The van der Waals surface area contributed by atoms with E-state index in [-0.39, 0.29) is 0 Å². The maximum Gasteiger partial charge on any atom is 0.137 e. The number of aromatic nitrogens is 2. The lowest BCUT2D eigenvalue weighted by Gasteiger charge is -2.16. The number of aryl methyl sites for hydroxylation is 3. The minimum Gasteiger partial charge on any atom is -0.384 e. The number of hydrogen-bond acceptors (Lipinski definition) is 4. The third-order valence-corrected chi connectivity index (χ3v) is 4.41.